The molecule has 0 saturated heterocycles. The van der Waals surface area contributed by atoms with Crippen molar-refractivity contribution in [2.24, 2.45) is 11.7 Å². The molecule has 2 unspecified atom stereocenters. The average Bonchev–Trinajstić information content (AvgIpc) is 2.26. The first-order valence-electron chi connectivity index (χ1n) is 6.43. The predicted octanol–water partition coefficient (Wildman–Crippen LogP) is 1.29. The Hall–Kier alpha value is -0.420. The molecule has 2 atom stereocenters. The van der Waals surface area contributed by atoms with E-state index in [1.54, 1.807) is 0 Å². The summed E-state index contributed by atoms with van der Waals surface area (Å²) in [6, 6.07) is 0.116. The van der Waals surface area contributed by atoms with Gasteiger partial charge in [-0.15, -0.1) is 0 Å². The van der Waals surface area contributed by atoms with Gasteiger partial charge < -0.3 is 5.73 Å². The van der Waals surface area contributed by atoms with E-state index in [9.17, 15) is 13.2 Å². The van der Waals surface area contributed by atoms with Gasteiger partial charge in [-0.2, -0.15) is 0 Å². The molecule has 0 radical (unpaired) electrons. The summed E-state index contributed by atoms with van der Waals surface area (Å²) < 4.78 is 23.0. The minimum atomic E-state index is -3.03. The Morgan fingerprint density at radius 2 is 2.00 bits per heavy atom. The smallest absolute Gasteiger partial charge is 0.150 e. The van der Waals surface area contributed by atoms with Crippen LogP contribution in [0.4, 0.5) is 0 Å². The minimum absolute atomic E-state index is 0.00410. The normalized spacial score (nSPS) is 25.8. The number of carbonyl (C=O) groups excluding carboxylic acids is 1. The molecule has 1 aliphatic rings. The molecule has 4 nitrogen and oxygen atoms in total. The van der Waals surface area contributed by atoms with Crippen molar-refractivity contribution in [1.29, 1.82) is 0 Å². The summed E-state index contributed by atoms with van der Waals surface area (Å²) >= 11 is 0. The molecule has 0 aliphatic heterocycles. The third kappa shape index (κ3) is 5.17. The summed E-state index contributed by atoms with van der Waals surface area (Å²) in [5.41, 5.74) is 5.82. The van der Waals surface area contributed by atoms with Crippen LogP contribution in [0.25, 0.3) is 0 Å². The highest BCUT2D eigenvalue weighted by atomic mass is 32.2. The molecule has 0 spiro atoms. The van der Waals surface area contributed by atoms with Gasteiger partial charge in [0.1, 0.15) is 5.78 Å². The highest BCUT2D eigenvalue weighted by molar-refractivity contribution is 7.91. The van der Waals surface area contributed by atoms with E-state index in [1.807, 2.05) is 6.92 Å². The lowest BCUT2D eigenvalue weighted by molar-refractivity contribution is -0.123. The molecular weight excluding hydrogens is 238 g/mol. The van der Waals surface area contributed by atoms with Crippen LogP contribution in [0, 0.1) is 5.92 Å². The van der Waals surface area contributed by atoms with Crippen molar-refractivity contribution < 1.29 is 13.2 Å². The average molecular weight is 261 g/mol. The Morgan fingerprint density at radius 3 is 2.59 bits per heavy atom. The van der Waals surface area contributed by atoms with E-state index in [2.05, 4.69) is 0 Å². The molecule has 0 amide bonds. The fourth-order valence-corrected chi connectivity index (χ4v) is 3.73. The fraction of sp³-hybridized carbons (Fsp3) is 0.917. The zero-order valence-electron chi connectivity index (χ0n) is 10.5. The lowest BCUT2D eigenvalue weighted by atomic mass is 9.83. The number of rotatable bonds is 6. The second-order valence-corrected chi connectivity index (χ2v) is 7.30. The zero-order valence-corrected chi connectivity index (χ0v) is 11.3. The van der Waals surface area contributed by atoms with Crippen molar-refractivity contribution in [3.05, 3.63) is 0 Å². The molecule has 1 fully saturated rings. The maximum atomic E-state index is 11.9. The molecule has 17 heavy (non-hydrogen) atoms. The van der Waals surface area contributed by atoms with Crippen LogP contribution in [0.15, 0.2) is 0 Å². The number of nitrogens with two attached hydrogens (primary N) is 1. The summed E-state index contributed by atoms with van der Waals surface area (Å²) in [4.78, 5) is 11.9. The second-order valence-electron chi connectivity index (χ2n) is 4.99. The van der Waals surface area contributed by atoms with Crippen LogP contribution in [-0.4, -0.2) is 31.7 Å². The lowest BCUT2D eigenvalue weighted by Crippen LogP contribution is -2.32. The van der Waals surface area contributed by atoms with Crippen LogP contribution in [0.1, 0.15) is 45.4 Å². The van der Waals surface area contributed by atoms with Gasteiger partial charge in [0.2, 0.25) is 0 Å². The Morgan fingerprint density at radius 1 is 1.29 bits per heavy atom. The summed E-state index contributed by atoms with van der Waals surface area (Å²) in [5, 5.41) is 0. The monoisotopic (exact) mass is 261 g/mol. The largest absolute Gasteiger partial charge is 0.328 e. The first-order chi connectivity index (χ1) is 7.94. The van der Waals surface area contributed by atoms with Crippen LogP contribution >= 0.6 is 0 Å². The maximum Gasteiger partial charge on any atom is 0.150 e. The Kier molecular flexibility index (Phi) is 5.59. The van der Waals surface area contributed by atoms with Gasteiger partial charge in [-0.3, -0.25) is 4.79 Å². The highest BCUT2D eigenvalue weighted by Gasteiger charge is 2.25. The van der Waals surface area contributed by atoms with E-state index in [-0.39, 0.29) is 35.7 Å². The zero-order chi connectivity index (χ0) is 12.9. The third-order valence-electron chi connectivity index (χ3n) is 3.34. The second kappa shape index (κ2) is 6.50. The Bertz CT molecular complexity index is 351. The lowest BCUT2D eigenvalue weighted by Gasteiger charge is -2.25. The van der Waals surface area contributed by atoms with Crippen LogP contribution < -0.4 is 5.73 Å². The fourth-order valence-electron chi connectivity index (χ4n) is 2.39. The van der Waals surface area contributed by atoms with Crippen LogP contribution in [-0.2, 0) is 14.6 Å². The van der Waals surface area contributed by atoms with Gasteiger partial charge in [-0.1, -0.05) is 13.3 Å². The van der Waals surface area contributed by atoms with Crippen molar-refractivity contribution >= 4 is 15.6 Å². The van der Waals surface area contributed by atoms with Gasteiger partial charge in [0.05, 0.1) is 5.75 Å². The molecule has 2 N–H and O–H groups in total. The van der Waals surface area contributed by atoms with Crippen LogP contribution in [0.3, 0.4) is 0 Å². The Balaban J connectivity index is 2.39. The van der Waals surface area contributed by atoms with E-state index in [4.69, 9.17) is 5.73 Å². The molecule has 0 aromatic carbocycles. The third-order valence-corrected chi connectivity index (χ3v) is 5.20. The maximum absolute atomic E-state index is 11.9. The van der Waals surface area contributed by atoms with Crippen molar-refractivity contribution in [2.45, 2.75) is 51.5 Å². The molecule has 0 aromatic heterocycles. The summed E-state index contributed by atoms with van der Waals surface area (Å²) in [5.74, 6) is 0.269. The minimum Gasteiger partial charge on any atom is -0.328 e. The van der Waals surface area contributed by atoms with Crippen molar-refractivity contribution in [3.63, 3.8) is 0 Å². The van der Waals surface area contributed by atoms with Gasteiger partial charge in [-0.25, -0.2) is 8.42 Å². The number of hydrogen-bond donors (Lipinski definition) is 1. The molecule has 5 heteroatoms. The molecule has 0 heterocycles. The van der Waals surface area contributed by atoms with Gasteiger partial charge in [0.15, 0.2) is 9.84 Å². The topological polar surface area (TPSA) is 77.2 Å². The van der Waals surface area contributed by atoms with E-state index in [0.717, 1.165) is 25.7 Å². The van der Waals surface area contributed by atoms with Gasteiger partial charge in [0, 0.05) is 24.1 Å². The quantitative estimate of drug-likeness (QED) is 0.781. The van der Waals surface area contributed by atoms with Crippen molar-refractivity contribution in [2.75, 3.05) is 11.5 Å². The first kappa shape index (κ1) is 14.6. The molecule has 1 rings (SSSR count). The van der Waals surface area contributed by atoms with Crippen LogP contribution in [0.2, 0.25) is 0 Å². The number of hydrogen-bond acceptors (Lipinski definition) is 4. The van der Waals surface area contributed by atoms with Gasteiger partial charge in [0.25, 0.3) is 0 Å². The van der Waals surface area contributed by atoms with Crippen molar-refractivity contribution in [1.82, 2.24) is 0 Å². The molecule has 1 saturated carbocycles. The standard InChI is InChI=1S/C12H23NO3S/c1-2-7-17(15,16)8-6-12(14)10-4-3-5-11(13)9-10/h10-11H,2-9,13H2,1H3. The van der Waals surface area contributed by atoms with Gasteiger partial charge in [-0.05, 0) is 25.7 Å². The van der Waals surface area contributed by atoms with E-state index < -0.39 is 9.84 Å². The van der Waals surface area contributed by atoms with E-state index in [0.29, 0.717) is 6.42 Å². The van der Waals surface area contributed by atoms with Crippen molar-refractivity contribution in [3.8, 4) is 0 Å². The molecule has 0 bridgehead atoms. The molecule has 100 valence electrons. The van der Waals surface area contributed by atoms with E-state index in [1.165, 1.54) is 0 Å². The highest BCUT2D eigenvalue weighted by Crippen LogP contribution is 2.24. The number of sulfone groups is 1. The number of carbonyl (C=O) groups is 1. The van der Waals surface area contributed by atoms with Crippen LogP contribution in [0.5, 0.6) is 0 Å². The Labute approximate surface area is 104 Å². The number of Topliss-reactive ketones (excluding diaryl/α,β-unsaturated/α-hetero) is 1. The molecule has 0 aromatic rings. The number of ketones is 1. The molecular formula is C12H23NO3S. The SMILES string of the molecule is CCCS(=O)(=O)CCC(=O)C1CCCC(N)C1. The first-order valence-corrected chi connectivity index (χ1v) is 8.25. The summed E-state index contributed by atoms with van der Waals surface area (Å²) in [6.45, 7) is 1.83. The van der Waals surface area contributed by atoms with E-state index >= 15 is 0 Å². The summed E-state index contributed by atoms with van der Waals surface area (Å²) in [6.07, 6.45) is 4.36. The molecule has 1 aliphatic carbocycles. The predicted molar refractivity (Wildman–Crippen MR) is 68.5 cm³/mol. The van der Waals surface area contributed by atoms with Gasteiger partial charge >= 0.3 is 0 Å². The summed E-state index contributed by atoms with van der Waals surface area (Å²) in [7, 11) is -3.03.